The van der Waals surface area contributed by atoms with Crippen molar-refractivity contribution in [1.29, 1.82) is 0 Å². The van der Waals surface area contributed by atoms with Crippen molar-refractivity contribution in [2.75, 3.05) is 18.4 Å². The number of anilines is 1. The van der Waals surface area contributed by atoms with Crippen LogP contribution in [0.25, 0.3) is 0 Å². The van der Waals surface area contributed by atoms with E-state index in [1.807, 2.05) is 29.2 Å². The molecule has 1 aliphatic heterocycles. The fraction of sp³-hybridized carbons (Fsp3) is 0.421. The number of nitrogens with zero attached hydrogens (tertiary/aromatic N) is 2. The highest BCUT2D eigenvalue weighted by Gasteiger charge is 2.48. The highest BCUT2D eigenvalue weighted by atomic mass is 16.3. The Labute approximate surface area is 146 Å². The second kappa shape index (κ2) is 6.70. The lowest BCUT2D eigenvalue weighted by atomic mass is 9.96. The first kappa shape index (κ1) is 15.9. The summed E-state index contributed by atoms with van der Waals surface area (Å²) in [6.45, 7) is 1.21. The van der Waals surface area contributed by atoms with E-state index in [1.54, 1.807) is 18.5 Å². The van der Waals surface area contributed by atoms with Gasteiger partial charge in [-0.15, -0.1) is 0 Å². The van der Waals surface area contributed by atoms with Crippen LogP contribution in [0.15, 0.2) is 47.2 Å². The molecule has 2 aromatic rings. The fourth-order valence-corrected chi connectivity index (χ4v) is 3.58. The van der Waals surface area contributed by atoms with Crippen LogP contribution in [0.5, 0.6) is 0 Å². The highest BCUT2D eigenvalue weighted by molar-refractivity contribution is 5.92. The number of furan rings is 1. The second-order valence-electron chi connectivity index (χ2n) is 6.79. The topological polar surface area (TPSA) is 75.4 Å². The summed E-state index contributed by atoms with van der Waals surface area (Å²) in [6.07, 6.45) is 5.79. The molecule has 1 saturated heterocycles. The van der Waals surface area contributed by atoms with Gasteiger partial charge < -0.3 is 14.6 Å². The molecule has 1 aliphatic carbocycles. The number of piperidine rings is 1. The van der Waals surface area contributed by atoms with Crippen LogP contribution in [-0.2, 0) is 9.59 Å². The summed E-state index contributed by atoms with van der Waals surface area (Å²) in [5.74, 6) is 1.55. The fourth-order valence-electron chi connectivity index (χ4n) is 3.58. The minimum Gasteiger partial charge on any atom is -0.469 e. The van der Waals surface area contributed by atoms with E-state index in [0.717, 1.165) is 31.6 Å². The zero-order chi connectivity index (χ0) is 17.2. The van der Waals surface area contributed by atoms with E-state index in [9.17, 15) is 9.59 Å². The molecule has 3 atom stereocenters. The van der Waals surface area contributed by atoms with Gasteiger partial charge in [-0.1, -0.05) is 6.07 Å². The Bertz CT molecular complexity index is 745. The molecule has 0 unspecified atom stereocenters. The van der Waals surface area contributed by atoms with Crippen molar-refractivity contribution in [2.24, 2.45) is 11.8 Å². The molecule has 1 saturated carbocycles. The molecule has 25 heavy (non-hydrogen) atoms. The van der Waals surface area contributed by atoms with Crippen LogP contribution >= 0.6 is 0 Å². The van der Waals surface area contributed by atoms with Crippen LogP contribution in [0.3, 0.4) is 0 Å². The monoisotopic (exact) mass is 339 g/mol. The third-order valence-electron chi connectivity index (χ3n) is 5.04. The Hall–Kier alpha value is -2.63. The summed E-state index contributed by atoms with van der Waals surface area (Å²) >= 11 is 0. The summed E-state index contributed by atoms with van der Waals surface area (Å²) in [6, 6.07) is 9.19. The number of amides is 2. The molecule has 2 fully saturated rings. The summed E-state index contributed by atoms with van der Waals surface area (Å²) in [5, 5.41) is 2.84. The largest absolute Gasteiger partial charge is 0.469 e. The lowest BCUT2D eigenvalue weighted by molar-refractivity contribution is -0.136. The van der Waals surface area contributed by atoms with Crippen molar-refractivity contribution >= 4 is 17.6 Å². The first-order valence-electron chi connectivity index (χ1n) is 8.76. The standard InChI is InChI=1S/C19H21N3O3/c23-18(21-17-7-1-2-8-20-17)13-5-3-9-22(12-13)19(24)15-11-14(15)16-6-4-10-25-16/h1-2,4,6-8,10,13-15H,3,5,9,11-12H2,(H,20,21,23)/t13-,14-,15+/m1/s1. The molecule has 1 N–H and O–H groups in total. The van der Waals surface area contributed by atoms with Crippen LogP contribution in [0.1, 0.15) is 30.9 Å². The Kier molecular flexibility index (Phi) is 4.26. The lowest BCUT2D eigenvalue weighted by Crippen LogP contribution is -2.44. The molecule has 6 nitrogen and oxygen atoms in total. The van der Waals surface area contributed by atoms with Gasteiger partial charge in [0.15, 0.2) is 0 Å². The third kappa shape index (κ3) is 3.43. The molecule has 0 aromatic carbocycles. The van der Waals surface area contributed by atoms with Crippen LogP contribution in [0.2, 0.25) is 0 Å². The smallest absolute Gasteiger partial charge is 0.230 e. The first-order valence-corrected chi connectivity index (χ1v) is 8.76. The van der Waals surface area contributed by atoms with Crippen molar-refractivity contribution in [1.82, 2.24) is 9.88 Å². The molecule has 0 radical (unpaired) electrons. The van der Waals surface area contributed by atoms with Gasteiger partial charge in [0.2, 0.25) is 11.8 Å². The predicted molar refractivity (Wildman–Crippen MR) is 91.7 cm³/mol. The van der Waals surface area contributed by atoms with E-state index in [4.69, 9.17) is 4.42 Å². The third-order valence-corrected chi connectivity index (χ3v) is 5.04. The van der Waals surface area contributed by atoms with Crippen LogP contribution in [0.4, 0.5) is 5.82 Å². The number of nitrogens with one attached hydrogen (secondary N) is 1. The van der Waals surface area contributed by atoms with E-state index in [2.05, 4.69) is 10.3 Å². The number of carbonyl (C=O) groups is 2. The van der Waals surface area contributed by atoms with Crippen LogP contribution < -0.4 is 5.32 Å². The van der Waals surface area contributed by atoms with Gasteiger partial charge in [0, 0.05) is 31.1 Å². The molecular formula is C19H21N3O3. The number of likely N-dealkylation sites (tertiary alicyclic amines) is 1. The first-order chi connectivity index (χ1) is 12.2. The minimum atomic E-state index is -0.180. The number of hydrogen-bond donors (Lipinski definition) is 1. The van der Waals surface area contributed by atoms with E-state index in [0.29, 0.717) is 12.4 Å². The van der Waals surface area contributed by atoms with Crippen LogP contribution in [-0.4, -0.2) is 34.8 Å². The minimum absolute atomic E-state index is 0.00347. The molecule has 2 aliphatic rings. The summed E-state index contributed by atoms with van der Waals surface area (Å²) < 4.78 is 5.41. The van der Waals surface area contributed by atoms with Gasteiger partial charge in [-0.3, -0.25) is 9.59 Å². The summed E-state index contributed by atoms with van der Waals surface area (Å²) in [4.78, 5) is 31.2. The zero-order valence-corrected chi connectivity index (χ0v) is 13.9. The van der Waals surface area contributed by atoms with E-state index >= 15 is 0 Å². The second-order valence-corrected chi connectivity index (χ2v) is 6.79. The number of rotatable bonds is 4. The van der Waals surface area contributed by atoms with E-state index < -0.39 is 0 Å². The lowest BCUT2D eigenvalue weighted by Gasteiger charge is -2.32. The van der Waals surface area contributed by atoms with E-state index in [1.165, 1.54) is 0 Å². The van der Waals surface area contributed by atoms with Crippen molar-refractivity contribution in [3.8, 4) is 0 Å². The van der Waals surface area contributed by atoms with Gasteiger partial charge in [-0.25, -0.2) is 4.98 Å². The summed E-state index contributed by atoms with van der Waals surface area (Å²) in [7, 11) is 0. The number of carbonyl (C=O) groups excluding carboxylic acids is 2. The summed E-state index contributed by atoms with van der Waals surface area (Å²) in [5.41, 5.74) is 0. The Morgan fingerprint density at radius 2 is 2.16 bits per heavy atom. The molecule has 0 bridgehead atoms. The molecule has 130 valence electrons. The maximum absolute atomic E-state index is 12.7. The zero-order valence-electron chi connectivity index (χ0n) is 13.9. The molecule has 3 heterocycles. The van der Waals surface area contributed by atoms with E-state index in [-0.39, 0.29) is 29.6 Å². The van der Waals surface area contributed by atoms with Crippen molar-refractivity contribution < 1.29 is 14.0 Å². The molecule has 2 aromatic heterocycles. The van der Waals surface area contributed by atoms with Crippen molar-refractivity contribution in [3.63, 3.8) is 0 Å². The number of pyridine rings is 1. The van der Waals surface area contributed by atoms with Gasteiger partial charge in [0.25, 0.3) is 0 Å². The highest BCUT2D eigenvalue weighted by Crippen LogP contribution is 2.48. The molecule has 2 amide bonds. The maximum Gasteiger partial charge on any atom is 0.230 e. The van der Waals surface area contributed by atoms with Crippen LogP contribution in [0, 0.1) is 11.8 Å². The Morgan fingerprint density at radius 1 is 1.24 bits per heavy atom. The maximum atomic E-state index is 12.7. The number of aromatic nitrogens is 1. The molecular weight excluding hydrogens is 318 g/mol. The van der Waals surface area contributed by atoms with Crippen molar-refractivity contribution in [3.05, 3.63) is 48.6 Å². The Balaban J connectivity index is 1.35. The average Bonchev–Trinajstić information content (AvgIpc) is 3.26. The van der Waals surface area contributed by atoms with Gasteiger partial charge in [0.1, 0.15) is 11.6 Å². The Morgan fingerprint density at radius 3 is 2.92 bits per heavy atom. The van der Waals surface area contributed by atoms with Gasteiger partial charge >= 0.3 is 0 Å². The van der Waals surface area contributed by atoms with Gasteiger partial charge in [-0.05, 0) is 43.5 Å². The van der Waals surface area contributed by atoms with Gasteiger partial charge in [-0.2, -0.15) is 0 Å². The van der Waals surface area contributed by atoms with Gasteiger partial charge in [0.05, 0.1) is 12.2 Å². The normalized spacial score (nSPS) is 25.4. The average molecular weight is 339 g/mol. The molecule has 4 rings (SSSR count). The molecule has 0 spiro atoms. The SMILES string of the molecule is O=C(Nc1ccccn1)[C@@H]1CCCN(C(=O)[C@H]2C[C@H]2c2ccco2)C1. The quantitative estimate of drug-likeness (QED) is 0.929. The predicted octanol–water partition coefficient (Wildman–Crippen LogP) is 2.66. The molecule has 6 heteroatoms. The van der Waals surface area contributed by atoms with Crippen molar-refractivity contribution in [2.45, 2.75) is 25.2 Å². The number of hydrogen-bond acceptors (Lipinski definition) is 4.